The summed E-state index contributed by atoms with van der Waals surface area (Å²) in [5.74, 6) is -0.499. The van der Waals surface area contributed by atoms with Crippen LogP contribution in [-0.2, 0) is 11.3 Å². The van der Waals surface area contributed by atoms with Crippen LogP contribution in [0.1, 0.15) is 27.2 Å². The van der Waals surface area contributed by atoms with E-state index in [9.17, 15) is 9.59 Å². The molecule has 0 atom stereocenters. The molecular weight excluding hydrogens is 354 g/mol. The molecule has 0 amide bonds. The Bertz CT molecular complexity index is 982. The van der Waals surface area contributed by atoms with E-state index in [1.807, 2.05) is 78.4 Å². The van der Waals surface area contributed by atoms with Crippen molar-refractivity contribution in [3.63, 3.8) is 0 Å². The van der Waals surface area contributed by atoms with Crippen molar-refractivity contribution in [3.05, 3.63) is 95.3 Å². The van der Waals surface area contributed by atoms with Gasteiger partial charge >= 0.3 is 5.97 Å². The fourth-order valence-corrected chi connectivity index (χ4v) is 2.75. The topological polar surface area (TPSA) is 68.5 Å². The molecule has 3 aromatic rings. The number of hydrogen-bond donors (Lipinski definition) is 1. The summed E-state index contributed by atoms with van der Waals surface area (Å²) >= 11 is 0. The van der Waals surface area contributed by atoms with Crippen molar-refractivity contribution in [1.82, 2.24) is 4.57 Å². The van der Waals surface area contributed by atoms with Crippen molar-refractivity contribution in [3.8, 4) is 5.75 Å². The Hall–Kier alpha value is -3.60. The van der Waals surface area contributed by atoms with Gasteiger partial charge in [-0.3, -0.25) is 4.79 Å². The van der Waals surface area contributed by atoms with E-state index in [0.717, 1.165) is 11.1 Å². The van der Waals surface area contributed by atoms with E-state index in [4.69, 9.17) is 9.84 Å². The van der Waals surface area contributed by atoms with E-state index in [2.05, 4.69) is 0 Å². The maximum atomic E-state index is 12.7. The zero-order chi connectivity index (χ0) is 19.9. The predicted molar refractivity (Wildman–Crippen MR) is 108 cm³/mol. The number of carboxylic acids is 1. The molecule has 28 heavy (non-hydrogen) atoms. The van der Waals surface area contributed by atoms with Gasteiger partial charge in [-0.1, -0.05) is 54.1 Å². The van der Waals surface area contributed by atoms with Crippen LogP contribution in [-0.4, -0.2) is 28.0 Å². The van der Waals surface area contributed by atoms with Crippen LogP contribution >= 0.6 is 0 Å². The number of nitrogens with zero attached hydrogens (tertiary/aromatic N) is 1. The number of benzene rings is 2. The van der Waals surface area contributed by atoms with Gasteiger partial charge in [-0.05, 0) is 36.8 Å². The monoisotopic (exact) mass is 375 g/mol. The number of aryl methyl sites for hydroxylation is 1. The highest BCUT2D eigenvalue weighted by Crippen LogP contribution is 2.15. The Morgan fingerprint density at radius 2 is 1.75 bits per heavy atom. The van der Waals surface area contributed by atoms with Gasteiger partial charge < -0.3 is 14.4 Å². The van der Waals surface area contributed by atoms with Crippen molar-refractivity contribution in [1.29, 1.82) is 0 Å². The fraction of sp³-hybridized carbons (Fsp3) is 0.130. The van der Waals surface area contributed by atoms with Crippen molar-refractivity contribution < 1.29 is 19.4 Å². The summed E-state index contributed by atoms with van der Waals surface area (Å²) in [6.45, 7) is 2.20. The summed E-state index contributed by atoms with van der Waals surface area (Å²) in [5, 5.41) is 8.62. The lowest BCUT2D eigenvalue weighted by Crippen LogP contribution is -2.09. The number of ether oxygens (including phenoxy) is 1. The zero-order valence-electron chi connectivity index (χ0n) is 15.5. The minimum Gasteiger partial charge on any atom is -0.482 e. The Labute approximate surface area is 163 Å². The van der Waals surface area contributed by atoms with Crippen LogP contribution in [0.25, 0.3) is 6.08 Å². The van der Waals surface area contributed by atoms with Gasteiger partial charge in [-0.2, -0.15) is 0 Å². The first-order chi connectivity index (χ1) is 13.5. The highest BCUT2D eigenvalue weighted by Gasteiger charge is 2.12. The lowest BCUT2D eigenvalue weighted by Gasteiger charge is -2.07. The molecule has 0 unspecified atom stereocenters. The maximum Gasteiger partial charge on any atom is 0.341 e. The van der Waals surface area contributed by atoms with Crippen molar-refractivity contribution in [2.45, 2.75) is 13.5 Å². The van der Waals surface area contributed by atoms with Gasteiger partial charge in [0.1, 0.15) is 5.75 Å². The van der Waals surface area contributed by atoms with Crippen molar-refractivity contribution in [2.75, 3.05) is 6.61 Å². The van der Waals surface area contributed by atoms with Gasteiger partial charge in [0, 0.05) is 18.3 Å². The molecule has 2 aromatic carbocycles. The van der Waals surface area contributed by atoms with Crippen LogP contribution in [0.5, 0.6) is 5.75 Å². The second-order valence-electron chi connectivity index (χ2n) is 6.39. The number of carbonyl (C=O) groups excluding carboxylic acids is 1. The summed E-state index contributed by atoms with van der Waals surface area (Å²) in [6.07, 6.45) is 5.80. The Balaban J connectivity index is 1.64. The Kier molecular flexibility index (Phi) is 6.07. The number of ketones is 1. The lowest BCUT2D eigenvalue weighted by atomic mass is 10.1. The smallest absolute Gasteiger partial charge is 0.341 e. The minimum atomic E-state index is -1.01. The molecule has 0 saturated heterocycles. The molecule has 1 heterocycles. The molecule has 0 aliphatic heterocycles. The molecule has 1 aromatic heterocycles. The van der Waals surface area contributed by atoms with E-state index in [0.29, 0.717) is 23.6 Å². The number of aromatic nitrogens is 1. The predicted octanol–water partition coefficient (Wildman–Crippen LogP) is 4.20. The summed E-state index contributed by atoms with van der Waals surface area (Å²) in [5.41, 5.74) is 3.40. The van der Waals surface area contributed by atoms with Gasteiger partial charge in [-0.25, -0.2) is 4.79 Å². The molecule has 5 heteroatoms. The van der Waals surface area contributed by atoms with E-state index in [-0.39, 0.29) is 12.4 Å². The van der Waals surface area contributed by atoms with Gasteiger partial charge in [0.05, 0.1) is 5.69 Å². The normalized spacial score (nSPS) is 10.9. The van der Waals surface area contributed by atoms with Crippen LogP contribution in [0.4, 0.5) is 0 Å². The van der Waals surface area contributed by atoms with Gasteiger partial charge in [0.15, 0.2) is 6.61 Å². The van der Waals surface area contributed by atoms with Gasteiger partial charge in [0.25, 0.3) is 0 Å². The Morgan fingerprint density at radius 1 is 1.04 bits per heavy atom. The van der Waals surface area contributed by atoms with Crippen LogP contribution in [0.3, 0.4) is 0 Å². The summed E-state index contributed by atoms with van der Waals surface area (Å²) < 4.78 is 7.02. The quantitative estimate of drug-likeness (QED) is 0.599. The molecule has 1 N–H and O–H groups in total. The average Bonchev–Trinajstić information content (AvgIpc) is 3.16. The van der Waals surface area contributed by atoms with Crippen LogP contribution < -0.4 is 4.74 Å². The number of allylic oxidation sites excluding steroid dienone is 1. The van der Waals surface area contributed by atoms with E-state index in [1.165, 1.54) is 0 Å². The molecular formula is C23H21NO4. The second-order valence-corrected chi connectivity index (χ2v) is 6.39. The van der Waals surface area contributed by atoms with Crippen LogP contribution in [0.15, 0.2) is 72.9 Å². The summed E-state index contributed by atoms with van der Waals surface area (Å²) in [6, 6.07) is 18.4. The molecule has 0 aliphatic rings. The summed E-state index contributed by atoms with van der Waals surface area (Å²) in [4.78, 5) is 23.2. The second kappa shape index (κ2) is 8.86. The van der Waals surface area contributed by atoms with Crippen LogP contribution in [0.2, 0.25) is 0 Å². The van der Waals surface area contributed by atoms with Crippen molar-refractivity contribution in [2.24, 2.45) is 0 Å². The highest BCUT2D eigenvalue weighted by atomic mass is 16.5. The number of aliphatic carboxylic acids is 1. The number of rotatable bonds is 8. The standard InChI is InChI=1S/C23H21NO4/c1-17-6-10-19(11-7-17)23(27)21-5-3-15-24(21)14-2-4-18-8-12-20(13-9-18)28-16-22(25)26/h2-13,15H,14,16H2,1H3,(H,25,26). The zero-order valence-corrected chi connectivity index (χ0v) is 15.5. The largest absolute Gasteiger partial charge is 0.482 e. The number of carboxylic acid groups (broad SMARTS) is 1. The van der Waals surface area contributed by atoms with E-state index >= 15 is 0 Å². The highest BCUT2D eigenvalue weighted by molar-refractivity contribution is 6.08. The first-order valence-corrected chi connectivity index (χ1v) is 8.90. The molecule has 0 radical (unpaired) electrons. The molecule has 3 rings (SSSR count). The lowest BCUT2D eigenvalue weighted by molar-refractivity contribution is -0.139. The van der Waals surface area contributed by atoms with Gasteiger partial charge in [-0.15, -0.1) is 0 Å². The third-order valence-corrected chi connectivity index (χ3v) is 4.23. The maximum absolute atomic E-state index is 12.7. The molecule has 0 fully saturated rings. The van der Waals surface area contributed by atoms with Crippen LogP contribution in [0, 0.1) is 6.92 Å². The van der Waals surface area contributed by atoms with Gasteiger partial charge in [0.2, 0.25) is 5.78 Å². The molecule has 142 valence electrons. The fourth-order valence-electron chi connectivity index (χ4n) is 2.75. The third kappa shape index (κ3) is 4.98. The first kappa shape index (κ1) is 19.2. The first-order valence-electron chi connectivity index (χ1n) is 8.90. The minimum absolute atomic E-state index is 0.00154. The SMILES string of the molecule is Cc1ccc(C(=O)c2cccn2CC=Cc2ccc(OCC(=O)O)cc2)cc1. The van der Waals surface area contributed by atoms with E-state index in [1.54, 1.807) is 12.1 Å². The molecule has 0 saturated carbocycles. The average molecular weight is 375 g/mol. The molecule has 0 bridgehead atoms. The number of carbonyl (C=O) groups is 2. The molecule has 5 nitrogen and oxygen atoms in total. The Morgan fingerprint density at radius 3 is 2.43 bits per heavy atom. The van der Waals surface area contributed by atoms with Crippen molar-refractivity contribution >= 4 is 17.8 Å². The third-order valence-electron chi connectivity index (χ3n) is 4.23. The number of hydrogen-bond acceptors (Lipinski definition) is 3. The summed E-state index contributed by atoms with van der Waals surface area (Å²) in [7, 11) is 0. The van der Waals surface area contributed by atoms with E-state index < -0.39 is 5.97 Å². The molecule has 0 spiro atoms. The molecule has 0 aliphatic carbocycles.